The van der Waals surface area contributed by atoms with Crippen LogP contribution in [0.25, 0.3) is 6.08 Å². The zero-order valence-electron chi connectivity index (χ0n) is 16.0. The number of hydrogen-bond acceptors (Lipinski definition) is 5. The number of aryl methyl sites for hydroxylation is 1. The number of carbonyl (C=O) groups excluding carboxylic acids is 1. The Hall–Kier alpha value is -3.38. The molecule has 0 saturated heterocycles. The Morgan fingerprint density at radius 2 is 1.41 bits per heavy atom. The average molecular weight is 408 g/mol. The molecule has 0 fully saturated rings. The molecule has 29 heavy (non-hydrogen) atoms. The van der Waals surface area contributed by atoms with E-state index in [0.29, 0.717) is 5.56 Å². The summed E-state index contributed by atoms with van der Waals surface area (Å²) >= 11 is 0. The Balaban J connectivity index is 1.68. The number of ether oxygens (including phenoxy) is 1. The monoisotopic (exact) mass is 408 g/mol. The van der Waals surface area contributed by atoms with Crippen molar-refractivity contribution in [1.82, 2.24) is 0 Å². The first kappa shape index (κ1) is 20.4. The first-order valence-electron chi connectivity index (χ1n) is 8.85. The summed E-state index contributed by atoms with van der Waals surface area (Å²) in [6.45, 7) is 1.87. The van der Waals surface area contributed by atoms with Crippen molar-refractivity contribution in [2.24, 2.45) is 0 Å². The van der Waals surface area contributed by atoms with Crippen LogP contribution in [0.4, 0.5) is 0 Å². The fraction of sp³-hybridized carbons (Fsp3) is 0.0870. The van der Waals surface area contributed by atoms with Crippen molar-refractivity contribution in [3.05, 3.63) is 95.6 Å². The van der Waals surface area contributed by atoms with Crippen LogP contribution in [-0.4, -0.2) is 21.3 Å². The van der Waals surface area contributed by atoms with Crippen LogP contribution < -0.4 is 8.92 Å². The van der Waals surface area contributed by atoms with Gasteiger partial charge in [0, 0.05) is 5.56 Å². The van der Waals surface area contributed by atoms with Crippen molar-refractivity contribution >= 4 is 22.0 Å². The Morgan fingerprint density at radius 1 is 0.828 bits per heavy atom. The smallest absolute Gasteiger partial charge is 0.339 e. The van der Waals surface area contributed by atoms with Gasteiger partial charge >= 0.3 is 10.1 Å². The minimum absolute atomic E-state index is 0.0747. The summed E-state index contributed by atoms with van der Waals surface area (Å²) < 4.78 is 34.9. The molecule has 0 heterocycles. The number of benzene rings is 3. The lowest BCUT2D eigenvalue weighted by Crippen LogP contribution is -2.09. The molecule has 0 N–H and O–H groups in total. The van der Waals surface area contributed by atoms with Gasteiger partial charge in [-0.3, -0.25) is 4.79 Å². The van der Waals surface area contributed by atoms with E-state index in [4.69, 9.17) is 8.92 Å². The minimum Gasteiger partial charge on any atom is -0.497 e. The van der Waals surface area contributed by atoms with Gasteiger partial charge in [0.25, 0.3) is 0 Å². The summed E-state index contributed by atoms with van der Waals surface area (Å²) in [7, 11) is -2.33. The Labute approximate surface area is 170 Å². The number of ketones is 1. The van der Waals surface area contributed by atoms with E-state index in [1.54, 1.807) is 25.3 Å². The molecule has 0 spiro atoms. The lowest BCUT2D eigenvalue weighted by molar-refractivity contribution is 0.104. The van der Waals surface area contributed by atoms with Crippen molar-refractivity contribution in [1.29, 1.82) is 0 Å². The average Bonchev–Trinajstić information content (AvgIpc) is 2.73. The van der Waals surface area contributed by atoms with Gasteiger partial charge in [0.15, 0.2) is 5.78 Å². The van der Waals surface area contributed by atoms with E-state index >= 15 is 0 Å². The predicted octanol–water partition coefficient (Wildman–Crippen LogP) is 4.67. The van der Waals surface area contributed by atoms with E-state index in [0.717, 1.165) is 16.9 Å². The highest BCUT2D eigenvalue weighted by Gasteiger charge is 2.16. The van der Waals surface area contributed by atoms with Gasteiger partial charge in [-0.25, -0.2) is 0 Å². The third-order valence-electron chi connectivity index (χ3n) is 4.20. The maximum absolute atomic E-state index is 12.3. The van der Waals surface area contributed by atoms with Crippen LogP contribution in [-0.2, 0) is 10.1 Å². The van der Waals surface area contributed by atoms with Gasteiger partial charge in [0.1, 0.15) is 16.4 Å². The van der Waals surface area contributed by atoms with Crippen LogP contribution >= 0.6 is 0 Å². The topological polar surface area (TPSA) is 69.7 Å². The lowest BCUT2D eigenvalue weighted by atomic mass is 10.1. The second-order valence-electron chi connectivity index (χ2n) is 6.35. The molecule has 0 aromatic heterocycles. The highest BCUT2D eigenvalue weighted by Crippen LogP contribution is 2.20. The van der Waals surface area contributed by atoms with Gasteiger partial charge in [-0.1, -0.05) is 35.9 Å². The Kier molecular flexibility index (Phi) is 6.14. The van der Waals surface area contributed by atoms with Gasteiger partial charge in [-0.2, -0.15) is 8.42 Å². The van der Waals surface area contributed by atoms with Crippen LogP contribution in [0.5, 0.6) is 11.5 Å². The summed E-state index contributed by atoms with van der Waals surface area (Å²) in [5.74, 6) is 0.680. The standard InChI is InChI=1S/C23H20O5S/c1-17-3-14-22(15-4-17)29(25,26)28-21-12-8-19(9-13-21)23(24)16-7-18-5-10-20(27-2)11-6-18/h3-16H,1-2H3/b16-7+. The van der Waals surface area contributed by atoms with Crippen LogP contribution in [0.3, 0.4) is 0 Å². The molecule has 3 rings (SSSR count). The lowest BCUT2D eigenvalue weighted by Gasteiger charge is -2.07. The molecule has 0 bridgehead atoms. The summed E-state index contributed by atoms with van der Waals surface area (Å²) in [5.41, 5.74) is 2.24. The molecule has 148 valence electrons. The zero-order valence-corrected chi connectivity index (χ0v) is 16.8. The highest BCUT2D eigenvalue weighted by atomic mass is 32.2. The largest absolute Gasteiger partial charge is 0.497 e. The van der Waals surface area contributed by atoms with E-state index in [2.05, 4.69) is 0 Å². The predicted molar refractivity (Wildman–Crippen MR) is 112 cm³/mol. The minimum atomic E-state index is -3.92. The molecule has 0 aliphatic carbocycles. The number of hydrogen-bond donors (Lipinski definition) is 0. The maximum atomic E-state index is 12.3. The third kappa shape index (κ3) is 5.33. The van der Waals surface area contributed by atoms with Gasteiger partial charge in [0.05, 0.1) is 7.11 Å². The fourth-order valence-electron chi connectivity index (χ4n) is 2.54. The van der Waals surface area contributed by atoms with Gasteiger partial charge in [-0.05, 0) is 67.1 Å². The van der Waals surface area contributed by atoms with Crippen molar-refractivity contribution in [3.63, 3.8) is 0 Å². The van der Waals surface area contributed by atoms with E-state index in [-0.39, 0.29) is 16.4 Å². The second-order valence-corrected chi connectivity index (χ2v) is 7.89. The van der Waals surface area contributed by atoms with Gasteiger partial charge in [0.2, 0.25) is 0 Å². The van der Waals surface area contributed by atoms with Crippen LogP contribution in [0, 0.1) is 6.92 Å². The normalized spacial score (nSPS) is 11.4. The van der Waals surface area contributed by atoms with Crippen molar-refractivity contribution in [2.75, 3.05) is 7.11 Å². The van der Waals surface area contributed by atoms with Crippen LogP contribution in [0.15, 0.2) is 83.8 Å². The van der Waals surface area contributed by atoms with Crippen LogP contribution in [0.1, 0.15) is 21.5 Å². The quantitative estimate of drug-likeness (QED) is 0.323. The van der Waals surface area contributed by atoms with Gasteiger partial charge in [-0.15, -0.1) is 0 Å². The number of rotatable bonds is 7. The molecule has 0 unspecified atom stereocenters. The third-order valence-corrected chi connectivity index (χ3v) is 5.46. The molecule has 0 saturated carbocycles. The molecular weight excluding hydrogens is 388 g/mol. The molecule has 6 heteroatoms. The molecule has 0 aliphatic heterocycles. The number of carbonyl (C=O) groups is 1. The Morgan fingerprint density at radius 3 is 2.00 bits per heavy atom. The summed E-state index contributed by atoms with van der Waals surface area (Å²) in [5, 5.41) is 0. The van der Waals surface area contributed by atoms with E-state index in [9.17, 15) is 13.2 Å². The van der Waals surface area contributed by atoms with E-state index in [1.807, 2.05) is 31.2 Å². The summed E-state index contributed by atoms with van der Waals surface area (Å²) in [6, 6.07) is 19.7. The molecule has 3 aromatic carbocycles. The first-order valence-corrected chi connectivity index (χ1v) is 10.3. The molecule has 3 aromatic rings. The summed E-state index contributed by atoms with van der Waals surface area (Å²) in [6.07, 6.45) is 3.16. The number of allylic oxidation sites excluding steroid dienone is 1. The van der Waals surface area contributed by atoms with Gasteiger partial charge < -0.3 is 8.92 Å². The second kappa shape index (κ2) is 8.75. The molecule has 0 aliphatic rings. The fourth-order valence-corrected chi connectivity index (χ4v) is 3.47. The van der Waals surface area contributed by atoms with Crippen molar-refractivity contribution < 1.29 is 22.1 Å². The molecule has 0 radical (unpaired) electrons. The van der Waals surface area contributed by atoms with E-state index < -0.39 is 10.1 Å². The van der Waals surface area contributed by atoms with Crippen LogP contribution in [0.2, 0.25) is 0 Å². The first-order chi connectivity index (χ1) is 13.9. The van der Waals surface area contributed by atoms with E-state index in [1.165, 1.54) is 42.5 Å². The zero-order chi connectivity index (χ0) is 20.9. The highest BCUT2D eigenvalue weighted by molar-refractivity contribution is 7.87. The molecule has 0 amide bonds. The summed E-state index contributed by atoms with van der Waals surface area (Å²) in [4.78, 5) is 12.4. The molecule has 5 nitrogen and oxygen atoms in total. The SMILES string of the molecule is COc1ccc(/C=C/C(=O)c2ccc(OS(=O)(=O)c3ccc(C)cc3)cc2)cc1. The molecular formula is C23H20O5S. The Bertz CT molecular complexity index is 1110. The van der Waals surface area contributed by atoms with Crippen molar-refractivity contribution in [2.45, 2.75) is 11.8 Å². The van der Waals surface area contributed by atoms with Crippen molar-refractivity contribution in [3.8, 4) is 11.5 Å². The number of methoxy groups -OCH3 is 1. The maximum Gasteiger partial charge on any atom is 0.339 e. The molecule has 0 atom stereocenters.